The molecule has 2 aromatic carbocycles. The van der Waals surface area contributed by atoms with E-state index in [0.717, 1.165) is 62.8 Å². The first kappa shape index (κ1) is 26.3. The van der Waals surface area contributed by atoms with Gasteiger partial charge in [-0.3, -0.25) is 9.89 Å². The van der Waals surface area contributed by atoms with Crippen LogP contribution >= 0.6 is 0 Å². The van der Waals surface area contributed by atoms with Crippen molar-refractivity contribution >= 4 is 5.78 Å². The van der Waals surface area contributed by atoms with E-state index in [9.17, 15) is 4.79 Å². The average molecular weight is 489 g/mol. The summed E-state index contributed by atoms with van der Waals surface area (Å²) in [5.41, 5.74) is 4.64. The summed E-state index contributed by atoms with van der Waals surface area (Å²) in [5, 5.41) is 7.30. The van der Waals surface area contributed by atoms with Crippen molar-refractivity contribution in [1.29, 1.82) is 0 Å². The summed E-state index contributed by atoms with van der Waals surface area (Å²) in [6.45, 7) is 7.07. The van der Waals surface area contributed by atoms with Crippen molar-refractivity contribution in [3.05, 3.63) is 77.5 Å². The number of nitrogens with zero attached hydrogens (tertiary/aromatic N) is 1. The lowest BCUT2D eigenvalue weighted by Gasteiger charge is -2.45. The van der Waals surface area contributed by atoms with E-state index in [1.165, 1.54) is 11.1 Å². The van der Waals surface area contributed by atoms with Gasteiger partial charge in [-0.1, -0.05) is 79.9 Å². The van der Waals surface area contributed by atoms with Gasteiger partial charge in [0.25, 0.3) is 0 Å². The van der Waals surface area contributed by atoms with E-state index in [4.69, 9.17) is 9.47 Å². The highest BCUT2D eigenvalue weighted by atomic mass is 16.5. The minimum Gasteiger partial charge on any atom is -0.378 e. The molecule has 192 valence electrons. The molecule has 3 unspecified atom stereocenters. The van der Waals surface area contributed by atoms with Crippen LogP contribution in [0.1, 0.15) is 92.9 Å². The summed E-state index contributed by atoms with van der Waals surface area (Å²) < 4.78 is 13.0. The highest BCUT2D eigenvalue weighted by Gasteiger charge is 2.41. The summed E-state index contributed by atoms with van der Waals surface area (Å²) >= 11 is 0. The Labute approximate surface area is 215 Å². The molecule has 36 heavy (non-hydrogen) atoms. The molecule has 0 bridgehead atoms. The second kappa shape index (κ2) is 12.5. The Kier molecular flexibility index (Phi) is 9.11. The lowest BCUT2D eigenvalue weighted by atomic mass is 9.80. The minimum atomic E-state index is -0.205. The highest BCUT2D eigenvalue weighted by Crippen LogP contribution is 2.43. The van der Waals surface area contributed by atoms with E-state index in [1.807, 2.05) is 24.3 Å². The number of aromatic nitrogens is 2. The molecule has 3 aromatic rings. The fourth-order valence-electron chi connectivity index (χ4n) is 5.48. The predicted octanol–water partition coefficient (Wildman–Crippen LogP) is 7.62. The van der Waals surface area contributed by atoms with Crippen molar-refractivity contribution in [3.8, 4) is 11.3 Å². The Morgan fingerprint density at radius 1 is 1.08 bits per heavy atom. The van der Waals surface area contributed by atoms with E-state index in [1.54, 1.807) is 0 Å². The van der Waals surface area contributed by atoms with Crippen LogP contribution in [0.2, 0.25) is 0 Å². The summed E-state index contributed by atoms with van der Waals surface area (Å²) in [4.78, 5) is 12.9. The molecule has 1 aromatic heterocycles. The number of ether oxygens (including phenoxy) is 2. The van der Waals surface area contributed by atoms with Crippen molar-refractivity contribution < 1.29 is 14.3 Å². The first-order valence-electron chi connectivity index (χ1n) is 13.5. The Morgan fingerprint density at radius 3 is 2.58 bits per heavy atom. The second-order valence-corrected chi connectivity index (χ2v) is 10.1. The van der Waals surface area contributed by atoms with Crippen LogP contribution in [0.25, 0.3) is 11.3 Å². The molecule has 4 rings (SSSR count). The van der Waals surface area contributed by atoms with Crippen LogP contribution in [0, 0.1) is 6.92 Å². The van der Waals surface area contributed by atoms with Crippen LogP contribution in [0.4, 0.5) is 0 Å². The average Bonchev–Trinajstić information content (AvgIpc) is 3.38. The van der Waals surface area contributed by atoms with E-state index in [-0.39, 0.29) is 23.6 Å². The molecular formula is C31H40N2O3. The quantitative estimate of drug-likeness (QED) is 0.210. The smallest absolute Gasteiger partial charge is 0.180 e. The second-order valence-electron chi connectivity index (χ2n) is 10.1. The third-order valence-corrected chi connectivity index (χ3v) is 7.26. The SMILES string of the molecule is CCCC1(CCCCC(=O)c2cc(-c3ccc(C)cc3)n[nH]2)CC(OCC)CC(c2ccccc2)O1. The molecule has 0 saturated carbocycles. The van der Waals surface area contributed by atoms with Gasteiger partial charge in [-0.2, -0.15) is 5.10 Å². The van der Waals surface area contributed by atoms with Gasteiger partial charge in [-0.15, -0.1) is 0 Å². The van der Waals surface area contributed by atoms with Gasteiger partial charge in [0.1, 0.15) is 5.69 Å². The van der Waals surface area contributed by atoms with E-state index in [2.05, 4.69) is 67.4 Å². The number of benzene rings is 2. The number of carbonyl (C=O) groups is 1. The zero-order chi connectivity index (χ0) is 25.4. The van der Waals surface area contributed by atoms with E-state index >= 15 is 0 Å². The van der Waals surface area contributed by atoms with Crippen molar-refractivity contribution in [2.24, 2.45) is 0 Å². The zero-order valence-corrected chi connectivity index (χ0v) is 22.0. The fourth-order valence-corrected chi connectivity index (χ4v) is 5.48. The maximum absolute atomic E-state index is 12.9. The van der Waals surface area contributed by atoms with Gasteiger partial charge in [-0.05, 0) is 44.7 Å². The number of Topliss-reactive ketones (excluding diaryl/α,β-unsaturated/α-hetero) is 1. The Hall–Kier alpha value is -2.76. The van der Waals surface area contributed by atoms with Crippen molar-refractivity contribution in [3.63, 3.8) is 0 Å². The molecular weight excluding hydrogens is 448 g/mol. The first-order chi connectivity index (χ1) is 17.5. The molecule has 1 saturated heterocycles. The maximum Gasteiger partial charge on any atom is 0.180 e. The number of hydrogen-bond acceptors (Lipinski definition) is 4. The van der Waals surface area contributed by atoms with Crippen molar-refractivity contribution in [2.75, 3.05) is 6.61 Å². The Balaban J connectivity index is 1.36. The largest absolute Gasteiger partial charge is 0.378 e. The molecule has 0 radical (unpaired) electrons. The van der Waals surface area contributed by atoms with Crippen molar-refractivity contribution in [1.82, 2.24) is 10.2 Å². The van der Waals surface area contributed by atoms with Crippen LogP contribution in [-0.4, -0.2) is 34.3 Å². The standard InChI is InChI=1S/C31H40N2O3/c1-4-18-31(22-26(35-5-2)20-30(36-31)25-11-7-6-8-12-25)19-10-9-13-29(34)28-21-27(32-33-28)24-16-14-23(3)15-17-24/h6-8,11-12,14-17,21,26,30H,4-5,9-10,13,18-20,22H2,1-3H3,(H,32,33). The van der Waals surface area contributed by atoms with Gasteiger partial charge in [-0.25, -0.2) is 0 Å². The molecule has 1 aliphatic rings. The molecule has 2 heterocycles. The van der Waals surface area contributed by atoms with Gasteiger partial charge < -0.3 is 9.47 Å². The lowest BCUT2D eigenvalue weighted by Crippen LogP contribution is -2.44. The Bertz CT molecular complexity index is 1090. The number of aromatic amines is 1. The van der Waals surface area contributed by atoms with Crippen LogP contribution in [0.3, 0.4) is 0 Å². The number of rotatable bonds is 12. The summed E-state index contributed by atoms with van der Waals surface area (Å²) in [6, 6.07) is 20.6. The Morgan fingerprint density at radius 2 is 1.86 bits per heavy atom. The third-order valence-electron chi connectivity index (χ3n) is 7.26. The van der Waals surface area contributed by atoms with Crippen LogP contribution in [-0.2, 0) is 9.47 Å². The van der Waals surface area contributed by atoms with Gasteiger partial charge in [0.2, 0.25) is 0 Å². The number of unbranched alkanes of at least 4 members (excludes halogenated alkanes) is 1. The first-order valence-corrected chi connectivity index (χ1v) is 13.5. The van der Waals surface area contributed by atoms with Crippen LogP contribution in [0.15, 0.2) is 60.7 Å². The number of hydrogen-bond donors (Lipinski definition) is 1. The van der Waals surface area contributed by atoms with Gasteiger partial charge >= 0.3 is 0 Å². The maximum atomic E-state index is 12.9. The number of carbonyl (C=O) groups excluding carboxylic acids is 1. The van der Waals surface area contributed by atoms with Crippen LogP contribution in [0.5, 0.6) is 0 Å². The molecule has 5 heteroatoms. The highest BCUT2D eigenvalue weighted by molar-refractivity contribution is 5.95. The zero-order valence-electron chi connectivity index (χ0n) is 22.0. The number of nitrogens with one attached hydrogen (secondary N) is 1. The molecule has 0 aliphatic carbocycles. The lowest BCUT2D eigenvalue weighted by molar-refractivity contribution is -0.182. The van der Waals surface area contributed by atoms with Crippen LogP contribution < -0.4 is 0 Å². The van der Waals surface area contributed by atoms with Gasteiger partial charge in [0.15, 0.2) is 5.78 Å². The van der Waals surface area contributed by atoms with Crippen molar-refractivity contribution in [2.45, 2.75) is 89.9 Å². The molecule has 1 fully saturated rings. The van der Waals surface area contributed by atoms with E-state index in [0.29, 0.717) is 12.1 Å². The summed E-state index contributed by atoms with van der Waals surface area (Å²) in [6.07, 6.45) is 7.38. The normalized spacial score (nSPS) is 22.0. The summed E-state index contributed by atoms with van der Waals surface area (Å²) in [5.74, 6) is 0.115. The molecule has 0 spiro atoms. The monoisotopic (exact) mass is 488 g/mol. The number of aryl methyl sites for hydroxylation is 1. The number of H-pyrrole nitrogens is 1. The topological polar surface area (TPSA) is 64.2 Å². The number of ketones is 1. The predicted molar refractivity (Wildman–Crippen MR) is 144 cm³/mol. The summed E-state index contributed by atoms with van der Waals surface area (Å²) in [7, 11) is 0. The molecule has 1 aliphatic heterocycles. The van der Waals surface area contributed by atoms with Gasteiger partial charge in [0, 0.05) is 31.4 Å². The molecule has 5 nitrogen and oxygen atoms in total. The third kappa shape index (κ3) is 6.71. The molecule has 3 atom stereocenters. The molecule has 0 amide bonds. The van der Waals surface area contributed by atoms with E-state index < -0.39 is 0 Å². The minimum absolute atomic E-state index is 0.0508. The fraction of sp³-hybridized carbons (Fsp3) is 0.484. The molecule has 1 N–H and O–H groups in total. The van der Waals surface area contributed by atoms with Gasteiger partial charge in [0.05, 0.1) is 23.5 Å².